The van der Waals surface area contributed by atoms with Gasteiger partial charge in [-0.2, -0.15) is 0 Å². The Morgan fingerprint density at radius 1 is 1.04 bits per heavy atom. The minimum absolute atomic E-state index is 0.259. The van der Waals surface area contributed by atoms with E-state index < -0.39 is 0 Å². The van der Waals surface area contributed by atoms with Gasteiger partial charge in [0, 0.05) is 23.9 Å². The molecule has 0 saturated heterocycles. The van der Waals surface area contributed by atoms with E-state index in [9.17, 15) is 4.79 Å². The Balaban J connectivity index is 1.93. The molecule has 0 spiro atoms. The number of rotatable bonds is 3. The van der Waals surface area contributed by atoms with Crippen molar-refractivity contribution in [1.82, 2.24) is 4.57 Å². The van der Waals surface area contributed by atoms with Crippen LogP contribution in [0.2, 0.25) is 0 Å². The van der Waals surface area contributed by atoms with E-state index in [0.717, 1.165) is 23.2 Å². The van der Waals surface area contributed by atoms with Gasteiger partial charge in [-0.15, -0.1) is 0 Å². The van der Waals surface area contributed by atoms with Gasteiger partial charge in [-0.1, -0.05) is 42.5 Å². The lowest BCUT2D eigenvalue weighted by atomic mass is 10.1. The number of esters is 1. The zero-order valence-electron chi connectivity index (χ0n) is 13.0. The van der Waals surface area contributed by atoms with E-state index in [4.69, 9.17) is 4.74 Å². The molecular formula is C20H17NO2. The Morgan fingerprint density at radius 2 is 1.78 bits per heavy atom. The average molecular weight is 303 g/mol. The summed E-state index contributed by atoms with van der Waals surface area (Å²) in [6.45, 7) is 2.21. The molecule has 1 aliphatic carbocycles. The highest BCUT2D eigenvalue weighted by Gasteiger charge is 2.29. The summed E-state index contributed by atoms with van der Waals surface area (Å²) in [5, 5.41) is 0. The lowest BCUT2D eigenvalue weighted by Crippen LogP contribution is -2.13. The highest BCUT2D eigenvalue weighted by Crippen LogP contribution is 2.40. The third-order valence-electron chi connectivity index (χ3n) is 4.29. The van der Waals surface area contributed by atoms with Crippen LogP contribution in [0, 0.1) is 0 Å². The Kier molecular flexibility index (Phi) is 3.27. The first-order chi connectivity index (χ1) is 11.3. The molecule has 1 aromatic heterocycles. The molecule has 2 aromatic carbocycles. The normalized spacial score (nSPS) is 11.9. The lowest BCUT2D eigenvalue weighted by molar-refractivity contribution is 0.0516. The minimum Gasteiger partial charge on any atom is -0.461 e. The monoisotopic (exact) mass is 303 g/mol. The van der Waals surface area contributed by atoms with Crippen LogP contribution in [-0.4, -0.2) is 17.1 Å². The number of para-hydroxylation sites is 1. The summed E-state index contributed by atoms with van der Waals surface area (Å²) in [4.78, 5) is 12.6. The van der Waals surface area contributed by atoms with Crippen molar-refractivity contribution in [2.24, 2.45) is 0 Å². The number of hydrogen-bond donors (Lipinski definition) is 0. The Labute approximate surface area is 135 Å². The molecule has 0 radical (unpaired) electrons. The smallest absolute Gasteiger partial charge is 0.355 e. The van der Waals surface area contributed by atoms with Gasteiger partial charge >= 0.3 is 5.97 Å². The van der Waals surface area contributed by atoms with Crippen molar-refractivity contribution in [1.29, 1.82) is 0 Å². The predicted molar refractivity (Wildman–Crippen MR) is 90.0 cm³/mol. The summed E-state index contributed by atoms with van der Waals surface area (Å²) < 4.78 is 7.27. The molecule has 1 heterocycles. The molecule has 3 aromatic rings. The number of aromatic nitrogens is 1. The molecule has 0 N–H and O–H groups in total. The highest BCUT2D eigenvalue weighted by atomic mass is 16.5. The molecule has 114 valence electrons. The third-order valence-corrected chi connectivity index (χ3v) is 4.29. The van der Waals surface area contributed by atoms with Crippen LogP contribution < -0.4 is 0 Å². The van der Waals surface area contributed by atoms with E-state index in [0.29, 0.717) is 12.3 Å². The SMILES string of the molecule is CCOC(=O)c1c2c(cn1-c1ccccc1)-c1ccccc1C2. The van der Waals surface area contributed by atoms with Gasteiger partial charge in [0.1, 0.15) is 5.69 Å². The number of nitrogens with zero attached hydrogens (tertiary/aromatic N) is 1. The van der Waals surface area contributed by atoms with Gasteiger partial charge in [-0.05, 0) is 35.7 Å². The van der Waals surface area contributed by atoms with Crippen molar-refractivity contribution in [3.63, 3.8) is 0 Å². The number of ether oxygens (including phenoxy) is 1. The maximum atomic E-state index is 12.6. The maximum absolute atomic E-state index is 12.6. The quantitative estimate of drug-likeness (QED) is 0.530. The Bertz CT molecular complexity index is 878. The summed E-state index contributed by atoms with van der Waals surface area (Å²) in [6, 6.07) is 18.3. The second kappa shape index (κ2) is 5.43. The fourth-order valence-electron chi connectivity index (χ4n) is 3.30. The largest absolute Gasteiger partial charge is 0.461 e. The first-order valence-electron chi connectivity index (χ1n) is 7.84. The van der Waals surface area contributed by atoms with E-state index in [1.165, 1.54) is 11.1 Å². The lowest BCUT2D eigenvalue weighted by Gasteiger charge is -2.10. The van der Waals surface area contributed by atoms with Gasteiger partial charge in [0.2, 0.25) is 0 Å². The van der Waals surface area contributed by atoms with Crippen molar-refractivity contribution in [3.05, 3.63) is 77.6 Å². The molecule has 4 rings (SSSR count). The Hall–Kier alpha value is -2.81. The Morgan fingerprint density at radius 3 is 2.57 bits per heavy atom. The van der Waals surface area contributed by atoms with Crippen LogP contribution in [0.15, 0.2) is 60.8 Å². The standard InChI is InChI=1S/C20H17NO2/c1-2-23-20(22)19-17-12-14-8-6-7-11-16(14)18(17)13-21(19)15-9-4-3-5-10-15/h3-11,13H,2,12H2,1H3. The van der Waals surface area contributed by atoms with E-state index >= 15 is 0 Å². The number of benzene rings is 2. The van der Waals surface area contributed by atoms with Crippen molar-refractivity contribution < 1.29 is 9.53 Å². The molecule has 0 saturated carbocycles. The molecule has 0 fully saturated rings. The molecule has 3 heteroatoms. The van der Waals surface area contributed by atoms with Crippen LogP contribution in [0.1, 0.15) is 28.5 Å². The zero-order valence-corrected chi connectivity index (χ0v) is 13.0. The molecule has 0 aliphatic heterocycles. The number of hydrogen-bond acceptors (Lipinski definition) is 2. The van der Waals surface area contributed by atoms with E-state index in [1.54, 1.807) is 0 Å². The molecule has 23 heavy (non-hydrogen) atoms. The van der Waals surface area contributed by atoms with Gasteiger partial charge in [0.25, 0.3) is 0 Å². The number of carbonyl (C=O) groups is 1. The summed E-state index contributed by atoms with van der Waals surface area (Å²) in [6.07, 6.45) is 2.84. The molecule has 3 nitrogen and oxygen atoms in total. The van der Waals surface area contributed by atoms with Gasteiger partial charge in [0.15, 0.2) is 0 Å². The van der Waals surface area contributed by atoms with Gasteiger partial charge < -0.3 is 9.30 Å². The van der Waals surface area contributed by atoms with Crippen LogP contribution in [0.3, 0.4) is 0 Å². The van der Waals surface area contributed by atoms with Gasteiger partial charge in [-0.3, -0.25) is 0 Å². The topological polar surface area (TPSA) is 31.2 Å². The van der Waals surface area contributed by atoms with Gasteiger partial charge in [0.05, 0.1) is 6.61 Å². The van der Waals surface area contributed by atoms with Crippen LogP contribution in [0.5, 0.6) is 0 Å². The average Bonchev–Trinajstić information content (AvgIpc) is 3.11. The number of fused-ring (bicyclic) bond motifs is 3. The van der Waals surface area contributed by atoms with Crippen molar-refractivity contribution >= 4 is 5.97 Å². The van der Waals surface area contributed by atoms with Crippen LogP contribution in [0.4, 0.5) is 0 Å². The number of carbonyl (C=O) groups excluding carboxylic acids is 1. The maximum Gasteiger partial charge on any atom is 0.355 e. The first-order valence-corrected chi connectivity index (χ1v) is 7.84. The van der Waals surface area contributed by atoms with E-state index in [-0.39, 0.29) is 5.97 Å². The van der Waals surface area contributed by atoms with Crippen LogP contribution in [0.25, 0.3) is 16.8 Å². The minimum atomic E-state index is -0.259. The molecule has 0 unspecified atom stereocenters. The van der Waals surface area contributed by atoms with Crippen molar-refractivity contribution in [2.45, 2.75) is 13.3 Å². The third kappa shape index (κ3) is 2.16. The molecule has 0 bridgehead atoms. The summed E-state index contributed by atoms with van der Waals surface area (Å²) in [5.41, 5.74) is 6.29. The summed E-state index contributed by atoms with van der Waals surface area (Å²) in [7, 11) is 0. The van der Waals surface area contributed by atoms with Crippen LogP contribution >= 0.6 is 0 Å². The molecule has 0 amide bonds. The molecular weight excluding hydrogens is 286 g/mol. The van der Waals surface area contributed by atoms with Crippen molar-refractivity contribution in [3.8, 4) is 16.8 Å². The second-order valence-corrected chi connectivity index (χ2v) is 5.63. The fraction of sp³-hybridized carbons (Fsp3) is 0.150. The fourth-order valence-corrected chi connectivity index (χ4v) is 3.30. The van der Waals surface area contributed by atoms with Crippen LogP contribution in [-0.2, 0) is 11.2 Å². The predicted octanol–water partition coefficient (Wildman–Crippen LogP) is 4.23. The molecule has 0 atom stereocenters. The highest BCUT2D eigenvalue weighted by molar-refractivity contribution is 5.95. The van der Waals surface area contributed by atoms with E-state index in [1.807, 2.05) is 54.0 Å². The summed E-state index contributed by atoms with van der Waals surface area (Å²) in [5.74, 6) is -0.259. The van der Waals surface area contributed by atoms with Gasteiger partial charge in [-0.25, -0.2) is 4.79 Å². The van der Waals surface area contributed by atoms with Crippen molar-refractivity contribution in [2.75, 3.05) is 6.61 Å². The zero-order chi connectivity index (χ0) is 15.8. The van der Waals surface area contributed by atoms with E-state index in [2.05, 4.69) is 18.3 Å². The molecule has 1 aliphatic rings. The second-order valence-electron chi connectivity index (χ2n) is 5.63. The first kappa shape index (κ1) is 13.8. The summed E-state index contributed by atoms with van der Waals surface area (Å²) >= 11 is 0.